The van der Waals surface area contributed by atoms with Crippen LogP contribution in [0.4, 0.5) is 0 Å². The molecular weight excluding hydrogens is 424 g/mol. The Hall–Kier alpha value is -2.48. The van der Waals surface area contributed by atoms with Crippen molar-refractivity contribution in [2.24, 2.45) is 0 Å². The number of esters is 1. The van der Waals surface area contributed by atoms with E-state index in [1.54, 1.807) is 18.2 Å². The van der Waals surface area contributed by atoms with E-state index in [9.17, 15) is 13.2 Å². The van der Waals surface area contributed by atoms with E-state index in [1.165, 1.54) is 16.4 Å². The molecule has 3 aromatic rings. The second kappa shape index (κ2) is 8.71. The summed E-state index contributed by atoms with van der Waals surface area (Å²) >= 11 is 6.25. The second-order valence-corrected chi connectivity index (χ2v) is 9.43. The van der Waals surface area contributed by atoms with Crippen molar-refractivity contribution in [1.82, 2.24) is 9.29 Å². The average Bonchev–Trinajstić information content (AvgIpc) is 2.78. The smallest absolute Gasteiger partial charge is 0.324 e. The minimum atomic E-state index is -3.78. The van der Waals surface area contributed by atoms with Crippen LogP contribution in [0, 0.1) is 0 Å². The molecule has 0 bridgehead atoms. The molecule has 1 fully saturated rings. The minimum Gasteiger partial charge on any atom is -0.460 e. The van der Waals surface area contributed by atoms with Crippen molar-refractivity contribution in [3.05, 3.63) is 71.4 Å². The third-order valence-electron chi connectivity index (χ3n) is 5.20. The average molecular weight is 445 g/mol. The fourth-order valence-electron chi connectivity index (χ4n) is 3.64. The first kappa shape index (κ1) is 20.8. The molecule has 0 spiro atoms. The van der Waals surface area contributed by atoms with E-state index in [-0.39, 0.29) is 23.2 Å². The van der Waals surface area contributed by atoms with Gasteiger partial charge in [0, 0.05) is 17.5 Å². The number of aromatic nitrogens is 1. The number of ether oxygens (including phenoxy) is 1. The number of rotatable bonds is 5. The monoisotopic (exact) mass is 444 g/mol. The van der Waals surface area contributed by atoms with Gasteiger partial charge < -0.3 is 4.74 Å². The fourth-order valence-corrected chi connectivity index (χ4v) is 5.51. The Morgan fingerprint density at radius 3 is 2.63 bits per heavy atom. The molecule has 0 radical (unpaired) electrons. The number of piperidine rings is 1. The van der Waals surface area contributed by atoms with Crippen LogP contribution in [0.2, 0.25) is 5.15 Å². The number of hydrogen-bond acceptors (Lipinski definition) is 5. The first-order chi connectivity index (χ1) is 14.5. The van der Waals surface area contributed by atoms with Crippen molar-refractivity contribution in [2.75, 3.05) is 6.54 Å². The molecule has 1 aliphatic heterocycles. The van der Waals surface area contributed by atoms with Gasteiger partial charge in [-0.1, -0.05) is 48.0 Å². The van der Waals surface area contributed by atoms with Gasteiger partial charge in [0.1, 0.15) is 17.8 Å². The maximum Gasteiger partial charge on any atom is 0.324 e. The lowest BCUT2D eigenvalue weighted by atomic mass is 10.1. The molecule has 0 amide bonds. The van der Waals surface area contributed by atoms with Crippen LogP contribution in [-0.2, 0) is 26.2 Å². The summed E-state index contributed by atoms with van der Waals surface area (Å²) < 4.78 is 32.9. The number of carbonyl (C=O) groups is 1. The van der Waals surface area contributed by atoms with E-state index >= 15 is 0 Å². The van der Waals surface area contributed by atoms with Crippen molar-refractivity contribution in [2.45, 2.75) is 36.8 Å². The van der Waals surface area contributed by atoms with Gasteiger partial charge in [0.2, 0.25) is 10.0 Å². The number of benzene rings is 2. The number of hydrogen-bond donors (Lipinski definition) is 0. The van der Waals surface area contributed by atoms with Gasteiger partial charge in [-0.3, -0.25) is 4.79 Å². The van der Waals surface area contributed by atoms with Crippen molar-refractivity contribution in [3.63, 3.8) is 0 Å². The molecule has 1 unspecified atom stereocenters. The van der Waals surface area contributed by atoms with Gasteiger partial charge in [0.15, 0.2) is 0 Å². The van der Waals surface area contributed by atoms with Gasteiger partial charge in [-0.25, -0.2) is 13.4 Å². The molecule has 0 saturated carbocycles. The van der Waals surface area contributed by atoms with Crippen LogP contribution in [-0.4, -0.2) is 36.3 Å². The Kier molecular flexibility index (Phi) is 6.04. The largest absolute Gasteiger partial charge is 0.460 e. The lowest BCUT2D eigenvalue weighted by molar-refractivity contribution is -0.150. The molecule has 0 N–H and O–H groups in total. The molecule has 6 nitrogen and oxygen atoms in total. The molecule has 30 heavy (non-hydrogen) atoms. The first-order valence-electron chi connectivity index (χ1n) is 9.74. The quantitative estimate of drug-likeness (QED) is 0.436. The Morgan fingerprint density at radius 1 is 1.10 bits per heavy atom. The SMILES string of the molecule is O=C(OCc1cc2ccccc2nc1Cl)C1CCCCN1S(=O)(=O)c1ccccc1. The summed E-state index contributed by atoms with van der Waals surface area (Å²) in [5.74, 6) is -0.571. The molecule has 2 aromatic carbocycles. The molecule has 156 valence electrons. The Balaban J connectivity index is 1.52. The van der Waals surface area contributed by atoms with Gasteiger partial charge >= 0.3 is 5.97 Å². The lowest BCUT2D eigenvalue weighted by Crippen LogP contribution is -2.48. The third kappa shape index (κ3) is 4.19. The standard InChI is InChI=1S/C22H21ClN2O4S/c23-21-17(14-16-8-4-5-11-19(16)24-21)15-29-22(26)20-12-6-7-13-25(20)30(27,28)18-9-2-1-3-10-18/h1-5,8-11,14,20H,6-7,12-13,15H2. The number of para-hydroxylation sites is 1. The predicted octanol–water partition coefficient (Wildman–Crippen LogP) is 4.17. The number of halogens is 1. The first-order valence-corrected chi connectivity index (χ1v) is 11.6. The van der Waals surface area contributed by atoms with E-state index in [1.807, 2.05) is 30.3 Å². The van der Waals surface area contributed by atoms with Crippen LogP contribution in [0.5, 0.6) is 0 Å². The predicted molar refractivity (Wildman–Crippen MR) is 115 cm³/mol. The number of pyridine rings is 1. The van der Waals surface area contributed by atoms with Crippen LogP contribution in [0.25, 0.3) is 10.9 Å². The topological polar surface area (TPSA) is 76.6 Å². The van der Waals surface area contributed by atoms with Crippen molar-refractivity contribution < 1.29 is 17.9 Å². The summed E-state index contributed by atoms with van der Waals surface area (Å²) in [4.78, 5) is 17.3. The molecule has 4 rings (SSSR count). The fraction of sp³-hybridized carbons (Fsp3) is 0.273. The van der Waals surface area contributed by atoms with Gasteiger partial charge in [-0.2, -0.15) is 4.31 Å². The summed E-state index contributed by atoms with van der Waals surface area (Å²) in [6, 6.07) is 16.6. The van der Waals surface area contributed by atoms with Gasteiger partial charge in [-0.05, 0) is 43.5 Å². The Morgan fingerprint density at radius 2 is 1.83 bits per heavy atom. The Labute approximate surface area is 180 Å². The normalized spacial score (nSPS) is 17.7. The summed E-state index contributed by atoms with van der Waals surface area (Å²) in [5.41, 5.74) is 1.34. The van der Waals surface area contributed by atoms with Crippen LogP contribution in [0.1, 0.15) is 24.8 Å². The van der Waals surface area contributed by atoms with Gasteiger partial charge in [-0.15, -0.1) is 0 Å². The molecule has 2 heterocycles. The number of carbonyl (C=O) groups excluding carboxylic acids is 1. The van der Waals surface area contributed by atoms with Crippen LogP contribution in [0.3, 0.4) is 0 Å². The van der Waals surface area contributed by atoms with Gasteiger partial charge in [0.25, 0.3) is 0 Å². The van der Waals surface area contributed by atoms with E-state index in [2.05, 4.69) is 4.98 Å². The molecule has 8 heteroatoms. The maximum atomic E-state index is 13.1. The number of sulfonamides is 1. The van der Waals surface area contributed by atoms with Crippen LogP contribution >= 0.6 is 11.6 Å². The van der Waals surface area contributed by atoms with Gasteiger partial charge in [0.05, 0.1) is 10.4 Å². The second-order valence-electron chi connectivity index (χ2n) is 7.18. The summed E-state index contributed by atoms with van der Waals surface area (Å²) in [6.07, 6.45) is 1.89. The molecule has 1 aromatic heterocycles. The van der Waals surface area contributed by atoms with Crippen LogP contribution in [0.15, 0.2) is 65.6 Å². The molecule has 1 aliphatic rings. The minimum absolute atomic E-state index is 0.0643. The lowest BCUT2D eigenvalue weighted by Gasteiger charge is -2.33. The Bertz CT molecular complexity index is 1170. The van der Waals surface area contributed by atoms with Crippen LogP contribution < -0.4 is 0 Å². The maximum absolute atomic E-state index is 13.1. The zero-order valence-corrected chi connectivity index (χ0v) is 17.8. The van der Waals surface area contributed by atoms with E-state index < -0.39 is 22.0 Å². The summed E-state index contributed by atoms with van der Waals surface area (Å²) in [6.45, 7) is 0.223. The summed E-state index contributed by atoms with van der Waals surface area (Å²) in [7, 11) is -3.78. The number of fused-ring (bicyclic) bond motifs is 1. The molecule has 1 atom stereocenters. The highest BCUT2D eigenvalue weighted by Gasteiger charge is 2.38. The van der Waals surface area contributed by atoms with E-state index in [0.717, 1.165) is 17.3 Å². The highest BCUT2D eigenvalue weighted by Crippen LogP contribution is 2.27. The zero-order chi connectivity index (χ0) is 21.1. The highest BCUT2D eigenvalue weighted by molar-refractivity contribution is 7.89. The molecule has 0 aliphatic carbocycles. The molecule has 1 saturated heterocycles. The van der Waals surface area contributed by atoms with Crippen molar-refractivity contribution in [1.29, 1.82) is 0 Å². The highest BCUT2D eigenvalue weighted by atomic mass is 35.5. The summed E-state index contributed by atoms with van der Waals surface area (Å²) in [5, 5.41) is 1.15. The zero-order valence-electron chi connectivity index (χ0n) is 16.2. The van der Waals surface area contributed by atoms with E-state index in [0.29, 0.717) is 18.4 Å². The van der Waals surface area contributed by atoms with E-state index in [4.69, 9.17) is 16.3 Å². The van der Waals surface area contributed by atoms with Crippen molar-refractivity contribution in [3.8, 4) is 0 Å². The number of nitrogens with zero attached hydrogens (tertiary/aromatic N) is 2. The van der Waals surface area contributed by atoms with Crippen molar-refractivity contribution >= 4 is 38.5 Å². The molecular formula is C22H21ClN2O4S. The third-order valence-corrected chi connectivity index (χ3v) is 7.45.